The van der Waals surface area contributed by atoms with Crippen LogP contribution < -0.4 is 4.74 Å². The van der Waals surface area contributed by atoms with Gasteiger partial charge in [-0.1, -0.05) is 24.3 Å². The van der Waals surface area contributed by atoms with Gasteiger partial charge in [0.05, 0.1) is 7.11 Å². The summed E-state index contributed by atoms with van der Waals surface area (Å²) in [5.41, 5.74) is 2.74. The van der Waals surface area contributed by atoms with Crippen molar-refractivity contribution < 1.29 is 4.74 Å². The van der Waals surface area contributed by atoms with E-state index in [2.05, 4.69) is 54.8 Å². The summed E-state index contributed by atoms with van der Waals surface area (Å²) >= 11 is 5.87. The van der Waals surface area contributed by atoms with Crippen LogP contribution in [0.5, 0.6) is 5.75 Å². The van der Waals surface area contributed by atoms with E-state index in [0.29, 0.717) is 0 Å². The standard InChI is InChI=1S/C17H18OS3/c1-18-15-7-3-13(4-8-15)17(20-11-12-21-17)14-5-9-16(19-2)10-6-14/h3-10H,11-12H2,1-2H3. The predicted octanol–water partition coefficient (Wildman–Crippen LogP) is 5.10. The molecule has 1 aliphatic rings. The van der Waals surface area contributed by atoms with E-state index in [-0.39, 0.29) is 4.08 Å². The lowest BCUT2D eigenvalue weighted by molar-refractivity contribution is 0.414. The Hall–Kier alpha value is -0.710. The van der Waals surface area contributed by atoms with Gasteiger partial charge in [-0.3, -0.25) is 0 Å². The second-order valence-corrected chi connectivity index (χ2v) is 8.53. The normalized spacial score (nSPS) is 16.9. The van der Waals surface area contributed by atoms with Gasteiger partial charge in [-0.15, -0.1) is 35.3 Å². The van der Waals surface area contributed by atoms with Crippen LogP contribution >= 0.6 is 35.3 Å². The van der Waals surface area contributed by atoms with Crippen molar-refractivity contribution in [2.75, 3.05) is 24.9 Å². The molecule has 3 rings (SSSR count). The first-order chi connectivity index (χ1) is 10.3. The first kappa shape index (κ1) is 15.2. The number of ether oxygens (including phenoxy) is 1. The molecule has 0 spiro atoms. The van der Waals surface area contributed by atoms with Gasteiger partial charge in [-0.2, -0.15) is 0 Å². The molecule has 0 aromatic heterocycles. The van der Waals surface area contributed by atoms with E-state index in [1.807, 2.05) is 23.5 Å². The molecule has 1 fully saturated rings. The van der Waals surface area contributed by atoms with Gasteiger partial charge in [-0.25, -0.2) is 0 Å². The Balaban J connectivity index is 2.01. The smallest absolute Gasteiger partial charge is 0.118 e. The molecule has 2 aromatic carbocycles. The van der Waals surface area contributed by atoms with Crippen molar-refractivity contribution in [3.8, 4) is 5.75 Å². The van der Waals surface area contributed by atoms with Gasteiger partial charge in [0, 0.05) is 16.4 Å². The van der Waals surface area contributed by atoms with E-state index in [9.17, 15) is 0 Å². The minimum atomic E-state index is 0.0310. The Morgan fingerprint density at radius 3 is 1.90 bits per heavy atom. The highest BCUT2D eigenvalue weighted by atomic mass is 32.2. The zero-order chi connectivity index (χ0) is 14.7. The average molecular weight is 335 g/mol. The maximum absolute atomic E-state index is 5.28. The first-order valence-electron chi connectivity index (χ1n) is 6.85. The Morgan fingerprint density at radius 2 is 1.43 bits per heavy atom. The second-order valence-electron chi connectivity index (χ2n) is 4.77. The lowest BCUT2D eigenvalue weighted by Gasteiger charge is -2.29. The minimum absolute atomic E-state index is 0.0310. The first-order valence-corrected chi connectivity index (χ1v) is 10.0. The molecule has 0 aliphatic carbocycles. The van der Waals surface area contributed by atoms with E-state index in [0.717, 1.165) is 5.75 Å². The maximum atomic E-state index is 5.28. The lowest BCUT2D eigenvalue weighted by atomic mass is 10.0. The molecule has 0 N–H and O–H groups in total. The van der Waals surface area contributed by atoms with Crippen molar-refractivity contribution in [3.05, 3.63) is 59.7 Å². The Bertz CT molecular complexity index is 537. The zero-order valence-corrected chi connectivity index (χ0v) is 14.6. The quantitative estimate of drug-likeness (QED) is 0.719. The third-order valence-electron chi connectivity index (χ3n) is 3.63. The summed E-state index contributed by atoms with van der Waals surface area (Å²) < 4.78 is 5.32. The molecular formula is C17H18OS3. The van der Waals surface area contributed by atoms with Crippen LogP contribution in [0.2, 0.25) is 0 Å². The highest BCUT2D eigenvalue weighted by Gasteiger charge is 2.39. The number of rotatable bonds is 4. The van der Waals surface area contributed by atoms with Gasteiger partial charge >= 0.3 is 0 Å². The summed E-state index contributed by atoms with van der Waals surface area (Å²) in [6.07, 6.45) is 2.12. The Kier molecular flexibility index (Phi) is 4.77. The largest absolute Gasteiger partial charge is 0.497 e. The average Bonchev–Trinajstić information content (AvgIpc) is 3.06. The molecule has 0 saturated carbocycles. The van der Waals surface area contributed by atoms with Crippen LogP contribution in [0, 0.1) is 0 Å². The molecule has 2 aromatic rings. The highest BCUT2D eigenvalue weighted by Crippen LogP contribution is 2.56. The zero-order valence-electron chi connectivity index (χ0n) is 12.2. The summed E-state index contributed by atoms with van der Waals surface area (Å²) in [5.74, 6) is 3.31. The van der Waals surface area contributed by atoms with E-state index < -0.39 is 0 Å². The SMILES string of the molecule is COc1ccc(C2(c3ccc(SC)cc3)SCCS2)cc1. The van der Waals surface area contributed by atoms with Crippen molar-refractivity contribution in [1.29, 1.82) is 0 Å². The van der Waals surface area contributed by atoms with Crippen LogP contribution in [-0.4, -0.2) is 24.9 Å². The molecule has 21 heavy (non-hydrogen) atoms. The van der Waals surface area contributed by atoms with Crippen LogP contribution in [0.3, 0.4) is 0 Å². The van der Waals surface area contributed by atoms with Crippen LogP contribution in [-0.2, 0) is 4.08 Å². The molecule has 110 valence electrons. The highest BCUT2D eigenvalue weighted by molar-refractivity contribution is 8.20. The fourth-order valence-electron chi connectivity index (χ4n) is 2.53. The molecule has 4 heteroatoms. The van der Waals surface area contributed by atoms with Gasteiger partial charge in [0.1, 0.15) is 9.83 Å². The number of benzene rings is 2. The monoisotopic (exact) mass is 334 g/mol. The molecule has 0 amide bonds. The lowest BCUT2D eigenvalue weighted by Crippen LogP contribution is -2.16. The van der Waals surface area contributed by atoms with E-state index in [1.165, 1.54) is 27.5 Å². The van der Waals surface area contributed by atoms with Crippen LogP contribution in [0.1, 0.15) is 11.1 Å². The van der Waals surface area contributed by atoms with Gasteiger partial charge in [0.25, 0.3) is 0 Å². The van der Waals surface area contributed by atoms with Crippen molar-refractivity contribution in [2.45, 2.75) is 8.97 Å². The van der Waals surface area contributed by atoms with Gasteiger partial charge < -0.3 is 4.74 Å². The van der Waals surface area contributed by atoms with Crippen LogP contribution in [0.25, 0.3) is 0 Å². The van der Waals surface area contributed by atoms with Crippen molar-refractivity contribution in [3.63, 3.8) is 0 Å². The minimum Gasteiger partial charge on any atom is -0.497 e. The number of methoxy groups -OCH3 is 1. The summed E-state index contributed by atoms with van der Waals surface area (Å²) in [6, 6.07) is 17.5. The molecule has 0 bridgehead atoms. The fourth-order valence-corrected chi connectivity index (χ4v) is 6.23. The van der Waals surface area contributed by atoms with Crippen molar-refractivity contribution in [1.82, 2.24) is 0 Å². The number of thioether (sulfide) groups is 3. The maximum Gasteiger partial charge on any atom is 0.118 e. The Labute approximate surface area is 139 Å². The summed E-state index contributed by atoms with van der Waals surface area (Å²) in [7, 11) is 1.71. The molecule has 1 aliphatic heterocycles. The third-order valence-corrected chi connectivity index (χ3v) is 7.92. The van der Waals surface area contributed by atoms with E-state index >= 15 is 0 Å². The van der Waals surface area contributed by atoms with E-state index in [1.54, 1.807) is 18.9 Å². The van der Waals surface area contributed by atoms with Crippen molar-refractivity contribution in [2.24, 2.45) is 0 Å². The van der Waals surface area contributed by atoms with Crippen LogP contribution in [0.15, 0.2) is 53.4 Å². The molecule has 1 nitrogen and oxygen atoms in total. The van der Waals surface area contributed by atoms with Crippen LogP contribution in [0.4, 0.5) is 0 Å². The van der Waals surface area contributed by atoms with Gasteiger partial charge in [-0.05, 0) is 41.6 Å². The number of hydrogen-bond donors (Lipinski definition) is 0. The molecule has 0 unspecified atom stereocenters. The number of hydrogen-bond acceptors (Lipinski definition) is 4. The van der Waals surface area contributed by atoms with Gasteiger partial charge in [0.2, 0.25) is 0 Å². The molecule has 1 saturated heterocycles. The van der Waals surface area contributed by atoms with Crippen molar-refractivity contribution >= 4 is 35.3 Å². The second kappa shape index (κ2) is 6.59. The molecular weight excluding hydrogens is 316 g/mol. The fraction of sp³-hybridized carbons (Fsp3) is 0.294. The predicted molar refractivity (Wildman–Crippen MR) is 96.9 cm³/mol. The van der Waals surface area contributed by atoms with Gasteiger partial charge in [0.15, 0.2) is 0 Å². The molecule has 0 atom stereocenters. The van der Waals surface area contributed by atoms with E-state index in [4.69, 9.17) is 4.74 Å². The molecule has 1 heterocycles. The summed E-state index contributed by atoms with van der Waals surface area (Å²) in [4.78, 5) is 1.32. The summed E-state index contributed by atoms with van der Waals surface area (Å²) in [5, 5.41) is 0. The topological polar surface area (TPSA) is 9.23 Å². The third kappa shape index (κ3) is 2.94. The summed E-state index contributed by atoms with van der Waals surface area (Å²) in [6.45, 7) is 0. The Morgan fingerprint density at radius 1 is 0.905 bits per heavy atom. The molecule has 0 radical (unpaired) electrons.